The average Bonchev–Trinajstić information content (AvgIpc) is 2.72. The summed E-state index contributed by atoms with van der Waals surface area (Å²) in [5, 5.41) is 3.45. The first-order chi connectivity index (χ1) is 13.7. The van der Waals surface area contributed by atoms with Gasteiger partial charge < -0.3 is 10.2 Å². The highest BCUT2D eigenvalue weighted by Crippen LogP contribution is 2.16. The highest BCUT2D eigenvalue weighted by Gasteiger charge is 2.18. The van der Waals surface area contributed by atoms with Crippen molar-refractivity contribution >= 4 is 17.8 Å². The summed E-state index contributed by atoms with van der Waals surface area (Å²) in [6, 6.07) is 12.5. The van der Waals surface area contributed by atoms with Gasteiger partial charge >= 0.3 is 0 Å². The molecule has 1 fully saturated rings. The van der Waals surface area contributed by atoms with Crippen molar-refractivity contribution in [1.82, 2.24) is 14.9 Å². The molecule has 5 nitrogen and oxygen atoms in total. The van der Waals surface area contributed by atoms with Crippen molar-refractivity contribution in [2.75, 3.05) is 49.5 Å². The zero-order chi connectivity index (χ0) is 19.6. The number of piperazine rings is 1. The minimum atomic E-state index is 0.859. The molecule has 2 aromatic rings. The van der Waals surface area contributed by atoms with Crippen LogP contribution in [0.2, 0.25) is 0 Å². The van der Waals surface area contributed by atoms with E-state index in [9.17, 15) is 0 Å². The fraction of sp³-hybridized carbons (Fsp3) is 0.478. The van der Waals surface area contributed by atoms with Gasteiger partial charge in [0.1, 0.15) is 5.82 Å². The molecule has 0 unspecified atom stereocenters. The van der Waals surface area contributed by atoms with E-state index in [4.69, 9.17) is 4.98 Å². The van der Waals surface area contributed by atoms with Crippen LogP contribution in [0.4, 0.5) is 11.8 Å². The van der Waals surface area contributed by atoms with Crippen LogP contribution in [-0.2, 0) is 0 Å². The van der Waals surface area contributed by atoms with Gasteiger partial charge in [0, 0.05) is 51.0 Å². The molecule has 150 valence electrons. The number of benzene rings is 1. The number of aryl methyl sites for hydroxylation is 1. The van der Waals surface area contributed by atoms with Crippen LogP contribution < -0.4 is 10.2 Å². The van der Waals surface area contributed by atoms with Crippen LogP contribution in [0, 0.1) is 6.92 Å². The maximum atomic E-state index is 4.75. The van der Waals surface area contributed by atoms with Crippen molar-refractivity contribution in [3.05, 3.63) is 53.7 Å². The van der Waals surface area contributed by atoms with E-state index in [1.165, 1.54) is 24.8 Å². The van der Waals surface area contributed by atoms with Crippen LogP contribution in [0.25, 0.3) is 6.08 Å². The zero-order valence-electron chi connectivity index (χ0n) is 17.3. The van der Waals surface area contributed by atoms with Gasteiger partial charge in [0.2, 0.25) is 5.95 Å². The van der Waals surface area contributed by atoms with Crippen LogP contribution >= 0.6 is 0 Å². The molecule has 1 saturated heterocycles. The molecule has 0 radical (unpaired) electrons. The van der Waals surface area contributed by atoms with E-state index in [-0.39, 0.29) is 0 Å². The van der Waals surface area contributed by atoms with Gasteiger partial charge in [-0.05, 0) is 18.9 Å². The van der Waals surface area contributed by atoms with E-state index in [0.717, 1.165) is 56.7 Å². The Bertz CT molecular complexity index is 736. The van der Waals surface area contributed by atoms with Crippen LogP contribution in [0.1, 0.15) is 37.4 Å². The van der Waals surface area contributed by atoms with E-state index < -0.39 is 0 Å². The van der Waals surface area contributed by atoms with Gasteiger partial charge in [0.25, 0.3) is 0 Å². The van der Waals surface area contributed by atoms with Crippen LogP contribution in [0.15, 0.2) is 42.5 Å². The molecule has 1 aromatic carbocycles. The third kappa shape index (κ3) is 6.34. The Labute approximate surface area is 169 Å². The molecule has 0 bridgehead atoms. The van der Waals surface area contributed by atoms with Crippen molar-refractivity contribution in [1.29, 1.82) is 0 Å². The summed E-state index contributed by atoms with van der Waals surface area (Å²) in [4.78, 5) is 14.2. The lowest BCUT2D eigenvalue weighted by Crippen LogP contribution is -2.47. The van der Waals surface area contributed by atoms with E-state index in [0.29, 0.717) is 0 Å². The van der Waals surface area contributed by atoms with Gasteiger partial charge in [-0.1, -0.05) is 62.2 Å². The number of nitrogens with zero attached hydrogens (tertiary/aromatic N) is 4. The topological polar surface area (TPSA) is 44.3 Å². The van der Waals surface area contributed by atoms with Gasteiger partial charge in [-0.2, -0.15) is 4.98 Å². The number of nitrogens with one attached hydrogen (secondary N) is 1. The molecule has 1 aromatic heterocycles. The molecule has 0 spiro atoms. The summed E-state index contributed by atoms with van der Waals surface area (Å²) in [5.41, 5.74) is 2.28. The van der Waals surface area contributed by atoms with E-state index in [1.807, 2.05) is 13.0 Å². The Balaban J connectivity index is 1.48. The van der Waals surface area contributed by atoms with Gasteiger partial charge in [-0.25, -0.2) is 4.98 Å². The minimum Gasteiger partial charge on any atom is -0.370 e. The van der Waals surface area contributed by atoms with Crippen molar-refractivity contribution in [2.24, 2.45) is 0 Å². The average molecular weight is 380 g/mol. The van der Waals surface area contributed by atoms with Gasteiger partial charge in [0.15, 0.2) is 0 Å². The fourth-order valence-electron chi connectivity index (χ4n) is 3.41. The van der Waals surface area contributed by atoms with Crippen LogP contribution in [-0.4, -0.2) is 54.1 Å². The lowest BCUT2D eigenvalue weighted by molar-refractivity contribution is 0.283. The Morgan fingerprint density at radius 2 is 1.82 bits per heavy atom. The van der Waals surface area contributed by atoms with Crippen molar-refractivity contribution in [3.8, 4) is 0 Å². The monoisotopic (exact) mass is 379 g/mol. The van der Waals surface area contributed by atoms with Crippen molar-refractivity contribution in [2.45, 2.75) is 33.1 Å². The predicted octanol–water partition coefficient (Wildman–Crippen LogP) is 4.22. The third-order valence-corrected chi connectivity index (χ3v) is 5.06. The maximum absolute atomic E-state index is 4.75. The molecule has 1 aliphatic rings. The van der Waals surface area contributed by atoms with E-state index in [1.54, 1.807) is 0 Å². The van der Waals surface area contributed by atoms with Crippen LogP contribution in [0.3, 0.4) is 0 Å². The second-order valence-corrected chi connectivity index (χ2v) is 7.43. The zero-order valence-corrected chi connectivity index (χ0v) is 17.3. The second-order valence-electron chi connectivity index (χ2n) is 7.43. The highest BCUT2D eigenvalue weighted by atomic mass is 15.3. The normalized spacial score (nSPS) is 15.3. The van der Waals surface area contributed by atoms with Gasteiger partial charge in [0.05, 0.1) is 0 Å². The maximum Gasteiger partial charge on any atom is 0.227 e. The Kier molecular flexibility index (Phi) is 7.85. The van der Waals surface area contributed by atoms with Gasteiger partial charge in [-0.3, -0.25) is 4.90 Å². The standard InChI is InChI=1S/C23H33N5/c1-3-4-8-13-24-22-19-20(2)25-23(26-22)28-17-15-27(16-18-28)14-9-12-21-10-6-5-7-11-21/h5-7,9-12,19H,3-4,8,13-18H2,1-2H3,(H,24,25,26)/b12-9+. The predicted molar refractivity (Wildman–Crippen MR) is 119 cm³/mol. The first-order valence-electron chi connectivity index (χ1n) is 10.5. The Hall–Kier alpha value is -2.40. The van der Waals surface area contributed by atoms with Crippen molar-refractivity contribution < 1.29 is 0 Å². The number of rotatable bonds is 9. The third-order valence-electron chi connectivity index (χ3n) is 5.06. The Morgan fingerprint density at radius 3 is 2.57 bits per heavy atom. The number of aromatic nitrogens is 2. The van der Waals surface area contributed by atoms with Crippen LogP contribution in [0.5, 0.6) is 0 Å². The summed E-state index contributed by atoms with van der Waals surface area (Å²) in [6.07, 6.45) is 8.13. The fourth-order valence-corrected chi connectivity index (χ4v) is 3.41. The summed E-state index contributed by atoms with van der Waals surface area (Å²) in [5.74, 6) is 1.81. The van der Waals surface area contributed by atoms with Gasteiger partial charge in [-0.15, -0.1) is 0 Å². The number of unbranched alkanes of at least 4 members (excludes halogenated alkanes) is 2. The summed E-state index contributed by atoms with van der Waals surface area (Å²) in [6.45, 7) is 10.3. The molecule has 1 aliphatic heterocycles. The molecule has 0 amide bonds. The van der Waals surface area contributed by atoms with E-state index in [2.05, 4.69) is 69.5 Å². The molecule has 0 atom stereocenters. The number of anilines is 2. The number of hydrogen-bond donors (Lipinski definition) is 1. The molecule has 28 heavy (non-hydrogen) atoms. The summed E-state index contributed by atoms with van der Waals surface area (Å²) in [7, 11) is 0. The summed E-state index contributed by atoms with van der Waals surface area (Å²) >= 11 is 0. The smallest absolute Gasteiger partial charge is 0.227 e. The lowest BCUT2D eigenvalue weighted by atomic mass is 10.2. The SMILES string of the molecule is CCCCCNc1cc(C)nc(N2CCN(C/C=C/c3ccccc3)CC2)n1. The summed E-state index contributed by atoms with van der Waals surface area (Å²) < 4.78 is 0. The molecule has 0 saturated carbocycles. The molecular weight excluding hydrogens is 346 g/mol. The molecule has 0 aliphatic carbocycles. The lowest BCUT2D eigenvalue weighted by Gasteiger charge is -2.34. The first kappa shape index (κ1) is 20.3. The highest BCUT2D eigenvalue weighted by molar-refractivity contribution is 5.49. The minimum absolute atomic E-state index is 0.859. The molecule has 2 heterocycles. The largest absolute Gasteiger partial charge is 0.370 e. The molecule has 1 N–H and O–H groups in total. The quantitative estimate of drug-likeness (QED) is 0.661. The Morgan fingerprint density at radius 1 is 1.04 bits per heavy atom. The molecule has 3 rings (SSSR count). The number of hydrogen-bond acceptors (Lipinski definition) is 5. The van der Waals surface area contributed by atoms with E-state index >= 15 is 0 Å². The first-order valence-corrected chi connectivity index (χ1v) is 10.5. The molecular formula is C23H33N5. The molecule has 5 heteroatoms. The van der Waals surface area contributed by atoms with Crippen molar-refractivity contribution in [3.63, 3.8) is 0 Å². The second kappa shape index (κ2) is 10.8.